The predicted octanol–water partition coefficient (Wildman–Crippen LogP) is 3.54. The molecule has 0 bridgehead atoms. The SMILES string of the molecule is CC(C)(C)c1cc(=O)n(CC2CCN(c3ncnc4ccc(F)cc34)CC2)cn1. The van der Waals surface area contributed by atoms with Gasteiger partial charge in [-0.25, -0.2) is 19.3 Å². The molecule has 0 spiro atoms. The van der Waals surface area contributed by atoms with Gasteiger partial charge in [0.1, 0.15) is 18.0 Å². The van der Waals surface area contributed by atoms with E-state index in [1.165, 1.54) is 18.5 Å². The summed E-state index contributed by atoms with van der Waals surface area (Å²) in [5.41, 5.74) is 1.43. The second-order valence-electron chi connectivity index (χ2n) is 8.80. The highest BCUT2D eigenvalue weighted by Crippen LogP contribution is 2.28. The Hall–Kier alpha value is -2.83. The molecule has 1 aliphatic rings. The van der Waals surface area contributed by atoms with Crippen LogP contribution in [0, 0.1) is 11.7 Å². The zero-order chi connectivity index (χ0) is 20.6. The molecule has 0 atom stereocenters. The third-order valence-corrected chi connectivity index (χ3v) is 5.59. The van der Waals surface area contributed by atoms with Gasteiger partial charge in [-0.2, -0.15) is 0 Å². The lowest BCUT2D eigenvalue weighted by Crippen LogP contribution is -2.37. The lowest BCUT2D eigenvalue weighted by molar-refractivity contribution is 0.349. The first-order valence-electron chi connectivity index (χ1n) is 10.0. The van der Waals surface area contributed by atoms with Crippen LogP contribution in [0.15, 0.2) is 41.7 Å². The van der Waals surface area contributed by atoms with E-state index in [1.54, 1.807) is 23.0 Å². The Morgan fingerprint density at radius 2 is 1.86 bits per heavy atom. The molecule has 2 aromatic heterocycles. The Balaban J connectivity index is 1.46. The Labute approximate surface area is 169 Å². The number of hydrogen-bond acceptors (Lipinski definition) is 5. The van der Waals surface area contributed by atoms with Crippen LogP contribution in [0.1, 0.15) is 39.3 Å². The van der Waals surface area contributed by atoms with Gasteiger partial charge in [-0.05, 0) is 37.0 Å². The van der Waals surface area contributed by atoms with Gasteiger partial charge in [-0.1, -0.05) is 20.8 Å². The van der Waals surface area contributed by atoms with Crippen LogP contribution in [-0.4, -0.2) is 32.6 Å². The smallest absolute Gasteiger partial charge is 0.253 e. The number of aromatic nitrogens is 4. The molecule has 1 saturated heterocycles. The molecule has 29 heavy (non-hydrogen) atoms. The summed E-state index contributed by atoms with van der Waals surface area (Å²) >= 11 is 0. The second-order valence-corrected chi connectivity index (χ2v) is 8.80. The molecule has 0 amide bonds. The fourth-order valence-electron chi connectivity index (χ4n) is 3.85. The molecule has 4 rings (SSSR count). The van der Waals surface area contributed by atoms with Crippen LogP contribution in [0.5, 0.6) is 0 Å². The molecule has 1 aromatic carbocycles. The zero-order valence-corrected chi connectivity index (χ0v) is 17.1. The fraction of sp³-hybridized carbons (Fsp3) is 0.455. The summed E-state index contributed by atoms with van der Waals surface area (Å²) in [6.07, 6.45) is 5.09. The first-order chi connectivity index (χ1) is 13.8. The van der Waals surface area contributed by atoms with Gasteiger partial charge in [0.05, 0.1) is 17.5 Å². The number of fused-ring (bicyclic) bond motifs is 1. The highest BCUT2D eigenvalue weighted by Gasteiger charge is 2.23. The molecule has 0 unspecified atom stereocenters. The standard InChI is InChI=1S/C22H26FN5O/c1-22(2,3)19-11-20(29)28(14-26-19)12-15-6-8-27(9-7-15)21-17-10-16(23)4-5-18(17)24-13-25-21/h4-5,10-11,13-15H,6-9,12H2,1-3H3. The summed E-state index contributed by atoms with van der Waals surface area (Å²) in [7, 11) is 0. The fourth-order valence-corrected chi connectivity index (χ4v) is 3.85. The molecule has 0 aliphatic carbocycles. The number of hydrogen-bond donors (Lipinski definition) is 0. The van der Waals surface area contributed by atoms with Gasteiger partial charge in [0.25, 0.3) is 5.56 Å². The number of rotatable bonds is 3. The number of halogens is 1. The minimum atomic E-state index is -0.283. The van der Waals surface area contributed by atoms with Crippen molar-refractivity contribution in [1.82, 2.24) is 19.5 Å². The van der Waals surface area contributed by atoms with Crippen LogP contribution in [0.3, 0.4) is 0 Å². The van der Waals surface area contributed by atoms with Crippen molar-refractivity contribution in [3.05, 3.63) is 58.8 Å². The van der Waals surface area contributed by atoms with E-state index in [0.29, 0.717) is 12.5 Å². The van der Waals surface area contributed by atoms with Crippen molar-refractivity contribution >= 4 is 16.7 Å². The monoisotopic (exact) mass is 395 g/mol. The second kappa shape index (κ2) is 7.54. The average molecular weight is 395 g/mol. The third-order valence-electron chi connectivity index (χ3n) is 5.59. The van der Waals surface area contributed by atoms with Crippen LogP contribution in [0.2, 0.25) is 0 Å². The van der Waals surface area contributed by atoms with Crippen molar-refractivity contribution in [3.8, 4) is 0 Å². The zero-order valence-electron chi connectivity index (χ0n) is 17.1. The molecule has 3 aromatic rings. The van der Waals surface area contributed by atoms with Gasteiger partial charge < -0.3 is 4.90 Å². The normalized spacial score (nSPS) is 15.8. The first kappa shape index (κ1) is 19.5. The number of nitrogens with zero attached hydrogens (tertiary/aromatic N) is 5. The Morgan fingerprint density at radius 1 is 1.10 bits per heavy atom. The van der Waals surface area contributed by atoms with E-state index in [1.807, 2.05) is 0 Å². The van der Waals surface area contributed by atoms with Gasteiger partial charge >= 0.3 is 0 Å². The van der Waals surface area contributed by atoms with Crippen molar-refractivity contribution in [2.75, 3.05) is 18.0 Å². The van der Waals surface area contributed by atoms with Gasteiger partial charge in [0.2, 0.25) is 0 Å². The van der Waals surface area contributed by atoms with E-state index in [0.717, 1.165) is 48.3 Å². The molecule has 7 heteroatoms. The first-order valence-corrected chi connectivity index (χ1v) is 10.0. The number of benzene rings is 1. The van der Waals surface area contributed by atoms with Gasteiger partial charge in [0.15, 0.2) is 0 Å². The lowest BCUT2D eigenvalue weighted by Gasteiger charge is -2.33. The molecule has 3 heterocycles. The van der Waals surface area contributed by atoms with Crippen LogP contribution < -0.4 is 10.5 Å². The molecule has 0 radical (unpaired) electrons. The largest absolute Gasteiger partial charge is 0.356 e. The van der Waals surface area contributed by atoms with Gasteiger partial charge in [-0.3, -0.25) is 9.36 Å². The minimum Gasteiger partial charge on any atom is -0.356 e. The van der Waals surface area contributed by atoms with Crippen molar-refractivity contribution in [1.29, 1.82) is 0 Å². The van der Waals surface area contributed by atoms with Gasteiger partial charge in [-0.15, -0.1) is 0 Å². The van der Waals surface area contributed by atoms with E-state index in [2.05, 4.69) is 40.6 Å². The summed E-state index contributed by atoms with van der Waals surface area (Å²) in [5.74, 6) is 0.895. The summed E-state index contributed by atoms with van der Waals surface area (Å²) in [6.45, 7) is 8.46. The molecular weight excluding hydrogens is 369 g/mol. The number of piperidine rings is 1. The molecule has 6 nitrogen and oxygen atoms in total. The quantitative estimate of drug-likeness (QED) is 0.679. The number of anilines is 1. The van der Waals surface area contributed by atoms with Crippen LogP contribution in [0.25, 0.3) is 10.9 Å². The Bertz CT molecular complexity index is 1080. The Morgan fingerprint density at radius 3 is 2.55 bits per heavy atom. The third kappa shape index (κ3) is 4.13. The topological polar surface area (TPSA) is 63.9 Å². The van der Waals surface area contributed by atoms with Crippen molar-refractivity contribution < 1.29 is 4.39 Å². The van der Waals surface area contributed by atoms with Crippen molar-refractivity contribution in [2.45, 2.75) is 45.6 Å². The molecular formula is C22H26FN5O. The average Bonchev–Trinajstić information content (AvgIpc) is 2.69. The van der Waals surface area contributed by atoms with Crippen LogP contribution in [0.4, 0.5) is 10.2 Å². The predicted molar refractivity (Wildman–Crippen MR) is 112 cm³/mol. The van der Waals surface area contributed by atoms with Crippen molar-refractivity contribution in [2.24, 2.45) is 5.92 Å². The maximum atomic E-state index is 13.7. The van der Waals surface area contributed by atoms with Crippen LogP contribution in [-0.2, 0) is 12.0 Å². The maximum Gasteiger partial charge on any atom is 0.253 e. The Kier molecular flexibility index (Phi) is 5.06. The molecule has 1 fully saturated rings. The summed E-state index contributed by atoms with van der Waals surface area (Å²) in [5, 5.41) is 0.740. The molecule has 152 valence electrons. The van der Waals surface area contributed by atoms with E-state index in [4.69, 9.17) is 0 Å². The van der Waals surface area contributed by atoms with Crippen molar-refractivity contribution in [3.63, 3.8) is 0 Å². The summed E-state index contributed by atoms with van der Waals surface area (Å²) < 4.78 is 15.4. The molecule has 1 aliphatic heterocycles. The summed E-state index contributed by atoms with van der Waals surface area (Å²) in [6, 6.07) is 6.25. The van der Waals surface area contributed by atoms with E-state index in [-0.39, 0.29) is 16.8 Å². The van der Waals surface area contributed by atoms with E-state index < -0.39 is 0 Å². The van der Waals surface area contributed by atoms with E-state index >= 15 is 0 Å². The molecule has 0 saturated carbocycles. The van der Waals surface area contributed by atoms with E-state index in [9.17, 15) is 9.18 Å². The molecule has 0 N–H and O–H groups in total. The van der Waals surface area contributed by atoms with Gasteiger partial charge in [0, 0.05) is 36.5 Å². The summed E-state index contributed by atoms with van der Waals surface area (Å²) in [4.78, 5) is 27.8. The minimum absolute atomic E-state index is 0.00428. The highest BCUT2D eigenvalue weighted by atomic mass is 19.1. The van der Waals surface area contributed by atoms with Crippen LogP contribution >= 0.6 is 0 Å². The lowest BCUT2D eigenvalue weighted by atomic mass is 9.92. The maximum absolute atomic E-state index is 13.7. The highest BCUT2D eigenvalue weighted by molar-refractivity contribution is 5.89.